The van der Waals surface area contributed by atoms with Gasteiger partial charge in [-0.2, -0.15) is 0 Å². The number of likely N-dealkylation sites (tertiary alicyclic amines) is 1. The molecule has 1 aliphatic heterocycles. The SMILES string of the molecule is Cc1ccc(NC2CCN(C(=O)OC(C)(C)C)CC2)cc1C(=O)N[C@H](C)c1cccc2ccccc12. The molecule has 0 radical (unpaired) electrons. The van der Waals surface area contributed by atoms with Crippen LogP contribution in [0, 0.1) is 6.92 Å². The molecule has 1 fully saturated rings. The van der Waals surface area contributed by atoms with Crippen LogP contribution in [0.4, 0.5) is 10.5 Å². The Kier molecular flexibility index (Phi) is 7.53. The first-order chi connectivity index (χ1) is 17.1. The summed E-state index contributed by atoms with van der Waals surface area (Å²) in [6.45, 7) is 10.9. The largest absolute Gasteiger partial charge is 0.444 e. The molecule has 3 aromatic carbocycles. The van der Waals surface area contributed by atoms with E-state index in [-0.39, 0.29) is 24.1 Å². The minimum atomic E-state index is -0.490. The molecule has 1 heterocycles. The van der Waals surface area contributed by atoms with Crippen molar-refractivity contribution in [2.24, 2.45) is 0 Å². The summed E-state index contributed by atoms with van der Waals surface area (Å²) < 4.78 is 5.50. The average Bonchev–Trinajstić information content (AvgIpc) is 2.84. The third-order valence-electron chi connectivity index (χ3n) is 6.64. The number of piperidine rings is 1. The topological polar surface area (TPSA) is 70.7 Å². The smallest absolute Gasteiger partial charge is 0.410 e. The predicted molar refractivity (Wildman–Crippen MR) is 145 cm³/mol. The number of rotatable bonds is 5. The van der Waals surface area contributed by atoms with Crippen LogP contribution in [0.3, 0.4) is 0 Å². The lowest BCUT2D eigenvalue weighted by molar-refractivity contribution is 0.0210. The first-order valence-corrected chi connectivity index (χ1v) is 12.7. The average molecular weight is 488 g/mol. The Balaban J connectivity index is 1.39. The summed E-state index contributed by atoms with van der Waals surface area (Å²) in [4.78, 5) is 27.4. The number of aryl methyl sites for hydroxylation is 1. The molecule has 190 valence electrons. The monoisotopic (exact) mass is 487 g/mol. The zero-order chi connectivity index (χ0) is 25.9. The van der Waals surface area contributed by atoms with Gasteiger partial charge in [0, 0.05) is 30.4 Å². The highest BCUT2D eigenvalue weighted by Crippen LogP contribution is 2.26. The summed E-state index contributed by atoms with van der Waals surface area (Å²) in [5.41, 5.74) is 3.13. The Morgan fingerprint density at radius 2 is 1.69 bits per heavy atom. The van der Waals surface area contributed by atoms with Gasteiger partial charge >= 0.3 is 6.09 Å². The van der Waals surface area contributed by atoms with Crippen LogP contribution in [-0.4, -0.2) is 41.6 Å². The van der Waals surface area contributed by atoms with Gasteiger partial charge in [0.05, 0.1) is 6.04 Å². The summed E-state index contributed by atoms with van der Waals surface area (Å²) in [5.74, 6) is -0.0867. The summed E-state index contributed by atoms with van der Waals surface area (Å²) >= 11 is 0. The number of amides is 2. The fourth-order valence-corrected chi connectivity index (χ4v) is 4.71. The molecule has 0 bridgehead atoms. The van der Waals surface area contributed by atoms with Crippen LogP contribution in [0.25, 0.3) is 10.8 Å². The number of ether oxygens (including phenoxy) is 1. The van der Waals surface area contributed by atoms with Crippen molar-refractivity contribution in [3.63, 3.8) is 0 Å². The van der Waals surface area contributed by atoms with Crippen LogP contribution in [0.5, 0.6) is 0 Å². The number of nitrogens with one attached hydrogen (secondary N) is 2. The number of hydrogen-bond acceptors (Lipinski definition) is 4. The van der Waals surface area contributed by atoms with E-state index in [4.69, 9.17) is 4.74 Å². The lowest BCUT2D eigenvalue weighted by Gasteiger charge is -2.34. The van der Waals surface area contributed by atoms with E-state index in [9.17, 15) is 9.59 Å². The number of carbonyl (C=O) groups excluding carboxylic acids is 2. The lowest BCUT2D eigenvalue weighted by atomic mass is 9.99. The van der Waals surface area contributed by atoms with Crippen LogP contribution in [-0.2, 0) is 4.74 Å². The molecular weight excluding hydrogens is 450 g/mol. The summed E-state index contributed by atoms with van der Waals surface area (Å²) in [6, 6.07) is 20.5. The summed E-state index contributed by atoms with van der Waals surface area (Å²) in [6.07, 6.45) is 1.40. The van der Waals surface area contributed by atoms with E-state index in [1.165, 1.54) is 0 Å². The Bertz CT molecular complexity index is 1230. The second kappa shape index (κ2) is 10.6. The van der Waals surface area contributed by atoms with Gasteiger partial charge in [-0.1, -0.05) is 48.5 Å². The van der Waals surface area contributed by atoms with Gasteiger partial charge in [0.25, 0.3) is 5.91 Å². The molecular formula is C30H37N3O3. The zero-order valence-corrected chi connectivity index (χ0v) is 21.9. The maximum absolute atomic E-state index is 13.3. The van der Waals surface area contributed by atoms with E-state index in [2.05, 4.69) is 34.9 Å². The lowest BCUT2D eigenvalue weighted by Crippen LogP contribution is -2.44. The molecule has 4 rings (SSSR count). The van der Waals surface area contributed by atoms with Crippen molar-refractivity contribution in [2.45, 2.75) is 65.1 Å². The van der Waals surface area contributed by atoms with Gasteiger partial charge in [-0.25, -0.2) is 4.79 Å². The van der Waals surface area contributed by atoms with Crippen molar-refractivity contribution in [1.82, 2.24) is 10.2 Å². The molecule has 0 unspecified atom stereocenters. The highest BCUT2D eigenvalue weighted by molar-refractivity contribution is 5.97. The van der Waals surface area contributed by atoms with Crippen molar-refractivity contribution in [3.05, 3.63) is 77.4 Å². The Morgan fingerprint density at radius 3 is 2.42 bits per heavy atom. The molecule has 6 heteroatoms. The first-order valence-electron chi connectivity index (χ1n) is 12.7. The van der Waals surface area contributed by atoms with Gasteiger partial charge in [0.15, 0.2) is 0 Å². The number of anilines is 1. The van der Waals surface area contributed by atoms with Crippen LogP contribution in [0.15, 0.2) is 60.7 Å². The molecule has 1 aliphatic rings. The number of nitrogens with zero attached hydrogens (tertiary/aromatic N) is 1. The number of hydrogen-bond donors (Lipinski definition) is 2. The van der Waals surface area contributed by atoms with Crippen molar-refractivity contribution < 1.29 is 14.3 Å². The highest BCUT2D eigenvalue weighted by atomic mass is 16.6. The van der Waals surface area contributed by atoms with Gasteiger partial charge in [0.1, 0.15) is 5.60 Å². The first kappa shape index (κ1) is 25.5. The standard InChI is InChI=1S/C30H37N3O3/c1-20-13-14-24(32-23-15-17-33(18-16-23)29(35)36-30(3,4)5)19-27(20)28(34)31-21(2)25-12-8-10-22-9-6-7-11-26(22)25/h6-14,19,21,23,32H,15-18H2,1-5H3,(H,31,34)/t21-/m1/s1. The van der Waals surface area contributed by atoms with E-state index in [0.29, 0.717) is 18.7 Å². The van der Waals surface area contributed by atoms with Crippen LogP contribution >= 0.6 is 0 Å². The minimum Gasteiger partial charge on any atom is -0.444 e. The molecule has 0 aliphatic carbocycles. The second-order valence-electron chi connectivity index (χ2n) is 10.7. The third-order valence-corrected chi connectivity index (χ3v) is 6.64. The molecule has 0 spiro atoms. The fraction of sp³-hybridized carbons (Fsp3) is 0.400. The molecule has 0 saturated carbocycles. The van der Waals surface area contributed by atoms with Crippen LogP contribution in [0.1, 0.15) is 68.1 Å². The normalized spacial score (nSPS) is 15.4. The molecule has 2 N–H and O–H groups in total. The minimum absolute atomic E-state index is 0.0867. The molecule has 1 atom stereocenters. The Hall–Kier alpha value is -3.54. The van der Waals surface area contributed by atoms with Gasteiger partial charge in [-0.3, -0.25) is 4.79 Å². The molecule has 36 heavy (non-hydrogen) atoms. The molecule has 2 amide bonds. The van der Waals surface area contributed by atoms with E-state index < -0.39 is 5.60 Å². The van der Waals surface area contributed by atoms with E-state index in [0.717, 1.165) is 40.4 Å². The predicted octanol–water partition coefficient (Wildman–Crippen LogP) is 6.45. The van der Waals surface area contributed by atoms with Crippen molar-refractivity contribution in [2.75, 3.05) is 18.4 Å². The van der Waals surface area contributed by atoms with Crippen molar-refractivity contribution >= 4 is 28.5 Å². The van der Waals surface area contributed by atoms with Gasteiger partial charge < -0.3 is 20.3 Å². The molecule has 1 saturated heterocycles. The van der Waals surface area contributed by atoms with Gasteiger partial charge in [-0.15, -0.1) is 0 Å². The van der Waals surface area contributed by atoms with Gasteiger partial charge in [-0.05, 0) is 81.5 Å². The molecule has 0 aromatic heterocycles. The van der Waals surface area contributed by atoms with E-state index >= 15 is 0 Å². The second-order valence-corrected chi connectivity index (χ2v) is 10.7. The highest BCUT2D eigenvalue weighted by Gasteiger charge is 2.27. The molecule has 3 aromatic rings. The van der Waals surface area contributed by atoms with Crippen molar-refractivity contribution in [1.29, 1.82) is 0 Å². The summed E-state index contributed by atoms with van der Waals surface area (Å²) in [5, 5.41) is 9.06. The van der Waals surface area contributed by atoms with Crippen LogP contribution < -0.4 is 10.6 Å². The molecule has 6 nitrogen and oxygen atoms in total. The maximum atomic E-state index is 13.3. The number of fused-ring (bicyclic) bond motifs is 1. The number of carbonyl (C=O) groups is 2. The Labute approximate surface area is 214 Å². The quantitative estimate of drug-likeness (QED) is 0.434. The maximum Gasteiger partial charge on any atom is 0.410 e. The Morgan fingerprint density at radius 1 is 1.00 bits per heavy atom. The van der Waals surface area contributed by atoms with E-state index in [1.807, 2.05) is 71.0 Å². The summed E-state index contributed by atoms with van der Waals surface area (Å²) in [7, 11) is 0. The zero-order valence-electron chi connectivity index (χ0n) is 21.9. The number of benzene rings is 3. The van der Waals surface area contributed by atoms with Crippen molar-refractivity contribution in [3.8, 4) is 0 Å². The van der Waals surface area contributed by atoms with Crippen LogP contribution in [0.2, 0.25) is 0 Å². The fourth-order valence-electron chi connectivity index (χ4n) is 4.71. The van der Waals surface area contributed by atoms with E-state index in [1.54, 1.807) is 4.90 Å². The van der Waals surface area contributed by atoms with Gasteiger partial charge in [0.2, 0.25) is 0 Å². The third kappa shape index (κ3) is 6.17.